The summed E-state index contributed by atoms with van der Waals surface area (Å²) in [5, 5.41) is 11.9. The Morgan fingerprint density at radius 1 is 0.957 bits per heavy atom. The maximum Gasteiger partial charge on any atom is 0.335 e. The molecule has 0 aromatic heterocycles. The molecule has 0 saturated heterocycles. The lowest BCUT2D eigenvalue weighted by atomic mass is 9.61. The van der Waals surface area contributed by atoms with Crippen LogP contribution in [-0.4, -0.2) is 17.0 Å². The summed E-state index contributed by atoms with van der Waals surface area (Å²) >= 11 is 0. The maximum atomic E-state index is 13.0. The summed E-state index contributed by atoms with van der Waals surface area (Å²) in [5.74, 6) is -1.02. The number of aromatic carboxylic acids is 1. The first-order valence-electron chi connectivity index (χ1n) is 7.91. The number of rotatable bonds is 4. The van der Waals surface area contributed by atoms with E-state index in [1.165, 1.54) is 12.1 Å². The van der Waals surface area contributed by atoms with Crippen LogP contribution < -0.4 is 5.32 Å². The number of carbonyl (C=O) groups excluding carboxylic acids is 1. The van der Waals surface area contributed by atoms with Crippen LogP contribution in [-0.2, 0) is 4.79 Å². The van der Waals surface area contributed by atoms with Gasteiger partial charge in [0.1, 0.15) is 0 Å². The van der Waals surface area contributed by atoms with Crippen molar-refractivity contribution in [1.29, 1.82) is 0 Å². The van der Waals surface area contributed by atoms with Crippen LogP contribution in [0.3, 0.4) is 0 Å². The summed E-state index contributed by atoms with van der Waals surface area (Å²) in [6, 6.07) is 6.25. The highest BCUT2D eigenvalue weighted by atomic mass is 16.4. The van der Waals surface area contributed by atoms with Gasteiger partial charge in [0.25, 0.3) is 0 Å². The van der Waals surface area contributed by atoms with Crippen molar-refractivity contribution >= 4 is 17.6 Å². The van der Waals surface area contributed by atoms with E-state index in [1.807, 2.05) is 6.92 Å². The molecular formula is C19H29NO3. The van der Waals surface area contributed by atoms with Gasteiger partial charge in [0.15, 0.2) is 0 Å². The molecule has 2 N–H and O–H groups in total. The summed E-state index contributed by atoms with van der Waals surface area (Å²) in [5.41, 5.74) is 0.0925. The quantitative estimate of drug-likeness (QED) is 0.836. The minimum Gasteiger partial charge on any atom is -0.478 e. The Labute approximate surface area is 139 Å². The van der Waals surface area contributed by atoms with Crippen molar-refractivity contribution in [2.45, 2.75) is 54.9 Å². The van der Waals surface area contributed by atoms with Crippen LogP contribution in [0, 0.1) is 16.2 Å². The van der Waals surface area contributed by atoms with Crippen LogP contribution in [0.25, 0.3) is 0 Å². The number of carbonyl (C=O) groups is 2. The average molecular weight is 319 g/mol. The molecule has 0 bridgehead atoms. The Morgan fingerprint density at radius 3 is 1.78 bits per heavy atom. The number of benzene rings is 1. The lowest BCUT2D eigenvalue weighted by Gasteiger charge is -2.44. The molecule has 4 nitrogen and oxygen atoms in total. The van der Waals surface area contributed by atoms with Crippen molar-refractivity contribution < 1.29 is 14.7 Å². The molecule has 1 aromatic rings. The van der Waals surface area contributed by atoms with E-state index < -0.39 is 11.4 Å². The third-order valence-electron chi connectivity index (χ3n) is 4.43. The monoisotopic (exact) mass is 319 g/mol. The first-order valence-corrected chi connectivity index (χ1v) is 7.91. The number of amides is 1. The Bertz CT molecular complexity index is 576. The van der Waals surface area contributed by atoms with Crippen LogP contribution in [0.5, 0.6) is 0 Å². The molecule has 0 saturated carbocycles. The standard InChI is InChI=1S/C19H29NO3/c1-17(2,3)12-19(7,18(4,5)6)16(23)20-14-10-8-13(9-11-14)15(21)22/h8-11H,12H2,1-7H3,(H,20,23)(H,21,22). The van der Waals surface area contributed by atoms with Gasteiger partial charge in [0, 0.05) is 5.69 Å². The lowest BCUT2D eigenvalue weighted by Crippen LogP contribution is -2.46. The van der Waals surface area contributed by atoms with Gasteiger partial charge in [-0.15, -0.1) is 0 Å². The predicted molar refractivity (Wildman–Crippen MR) is 93.7 cm³/mol. The van der Waals surface area contributed by atoms with Gasteiger partial charge in [0.05, 0.1) is 11.0 Å². The van der Waals surface area contributed by atoms with Crippen LogP contribution in [0.2, 0.25) is 0 Å². The summed E-state index contributed by atoms with van der Waals surface area (Å²) in [6.07, 6.45) is 0.753. The minimum atomic E-state index is -0.977. The van der Waals surface area contributed by atoms with Gasteiger partial charge >= 0.3 is 5.97 Å². The molecule has 1 rings (SSSR count). The van der Waals surface area contributed by atoms with Crippen molar-refractivity contribution in [3.05, 3.63) is 29.8 Å². The maximum absolute atomic E-state index is 13.0. The topological polar surface area (TPSA) is 66.4 Å². The van der Waals surface area contributed by atoms with Gasteiger partial charge in [-0.2, -0.15) is 0 Å². The summed E-state index contributed by atoms with van der Waals surface area (Å²) in [4.78, 5) is 23.8. The molecule has 0 spiro atoms. The molecule has 0 heterocycles. The number of anilines is 1. The molecule has 1 amide bonds. The fraction of sp³-hybridized carbons (Fsp3) is 0.579. The van der Waals surface area contributed by atoms with Crippen molar-refractivity contribution in [3.8, 4) is 0 Å². The van der Waals surface area contributed by atoms with E-state index in [-0.39, 0.29) is 22.3 Å². The fourth-order valence-corrected chi connectivity index (χ4v) is 2.71. The van der Waals surface area contributed by atoms with E-state index in [0.29, 0.717) is 5.69 Å². The molecular weight excluding hydrogens is 290 g/mol. The van der Waals surface area contributed by atoms with Crippen molar-refractivity contribution in [1.82, 2.24) is 0 Å². The summed E-state index contributed by atoms with van der Waals surface area (Å²) < 4.78 is 0. The highest BCUT2D eigenvalue weighted by Gasteiger charge is 2.46. The normalized spacial score (nSPS) is 14.9. The largest absolute Gasteiger partial charge is 0.478 e. The Kier molecular flexibility index (Phi) is 5.30. The second-order valence-corrected chi connectivity index (χ2v) is 8.66. The molecule has 128 valence electrons. The zero-order valence-corrected chi connectivity index (χ0v) is 15.3. The molecule has 0 aliphatic heterocycles. The third kappa shape index (κ3) is 4.81. The number of carboxylic acid groups (broad SMARTS) is 1. The minimum absolute atomic E-state index is 0.0204. The predicted octanol–water partition coefficient (Wildman–Crippen LogP) is 4.81. The number of hydrogen-bond donors (Lipinski definition) is 2. The molecule has 0 aliphatic rings. The van der Waals surface area contributed by atoms with Crippen molar-refractivity contribution in [2.24, 2.45) is 16.2 Å². The fourth-order valence-electron chi connectivity index (χ4n) is 2.71. The van der Waals surface area contributed by atoms with Gasteiger partial charge in [-0.05, 0) is 41.5 Å². The van der Waals surface area contributed by atoms with Crippen LogP contribution in [0.15, 0.2) is 24.3 Å². The molecule has 0 fully saturated rings. The Morgan fingerprint density at radius 2 is 1.43 bits per heavy atom. The number of carboxylic acids is 1. The zero-order valence-electron chi connectivity index (χ0n) is 15.3. The molecule has 23 heavy (non-hydrogen) atoms. The zero-order chi connectivity index (χ0) is 18.1. The third-order valence-corrected chi connectivity index (χ3v) is 4.43. The molecule has 4 heteroatoms. The Hall–Kier alpha value is -1.84. The van der Waals surface area contributed by atoms with E-state index in [4.69, 9.17) is 5.11 Å². The van der Waals surface area contributed by atoms with Crippen LogP contribution >= 0.6 is 0 Å². The highest BCUT2D eigenvalue weighted by molar-refractivity contribution is 5.96. The highest BCUT2D eigenvalue weighted by Crippen LogP contribution is 2.47. The van der Waals surface area contributed by atoms with E-state index >= 15 is 0 Å². The van der Waals surface area contributed by atoms with Crippen molar-refractivity contribution in [2.75, 3.05) is 5.32 Å². The van der Waals surface area contributed by atoms with E-state index in [1.54, 1.807) is 12.1 Å². The van der Waals surface area contributed by atoms with E-state index in [2.05, 4.69) is 46.9 Å². The van der Waals surface area contributed by atoms with Gasteiger partial charge in [-0.1, -0.05) is 48.5 Å². The SMILES string of the molecule is CC(C)(C)CC(C)(C(=O)Nc1ccc(C(=O)O)cc1)C(C)(C)C. The lowest BCUT2D eigenvalue weighted by molar-refractivity contribution is -0.133. The first-order chi connectivity index (χ1) is 10.3. The van der Waals surface area contributed by atoms with Crippen LogP contribution in [0.4, 0.5) is 5.69 Å². The van der Waals surface area contributed by atoms with Crippen LogP contribution in [0.1, 0.15) is 65.2 Å². The number of hydrogen-bond acceptors (Lipinski definition) is 2. The second-order valence-electron chi connectivity index (χ2n) is 8.66. The van der Waals surface area contributed by atoms with Gasteiger partial charge in [-0.3, -0.25) is 4.79 Å². The van der Waals surface area contributed by atoms with E-state index in [9.17, 15) is 9.59 Å². The second kappa shape index (κ2) is 6.34. The first kappa shape index (κ1) is 19.2. The average Bonchev–Trinajstić information content (AvgIpc) is 2.35. The smallest absolute Gasteiger partial charge is 0.335 e. The number of nitrogens with one attached hydrogen (secondary N) is 1. The molecule has 1 unspecified atom stereocenters. The Balaban J connectivity index is 3.05. The molecule has 0 aliphatic carbocycles. The molecule has 0 radical (unpaired) electrons. The molecule has 1 atom stereocenters. The van der Waals surface area contributed by atoms with Gasteiger partial charge in [-0.25, -0.2) is 4.79 Å². The summed E-state index contributed by atoms with van der Waals surface area (Å²) in [7, 11) is 0. The molecule has 1 aromatic carbocycles. The summed E-state index contributed by atoms with van der Waals surface area (Å²) in [6.45, 7) is 14.6. The van der Waals surface area contributed by atoms with Gasteiger partial charge < -0.3 is 10.4 Å². The van der Waals surface area contributed by atoms with Gasteiger partial charge in [0.2, 0.25) is 5.91 Å². The van der Waals surface area contributed by atoms with E-state index in [0.717, 1.165) is 6.42 Å². The van der Waals surface area contributed by atoms with Crippen molar-refractivity contribution in [3.63, 3.8) is 0 Å².